The van der Waals surface area contributed by atoms with Crippen LogP contribution in [0.4, 0.5) is 21.9 Å². The Labute approximate surface area is 186 Å². The number of rotatable bonds is 5. The van der Waals surface area contributed by atoms with E-state index in [1.807, 2.05) is 12.1 Å². The molecule has 2 aromatic carbocycles. The van der Waals surface area contributed by atoms with Gasteiger partial charge in [-0.3, -0.25) is 9.13 Å². The first-order chi connectivity index (χ1) is 15.4. The topological polar surface area (TPSA) is 89.8 Å². The van der Waals surface area contributed by atoms with Gasteiger partial charge in [-0.15, -0.1) is 0 Å². The quantitative estimate of drug-likeness (QED) is 0.635. The number of ether oxygens (including phenoxy) is 2. The summed E-state index contributed by atoms with van der Waals surface area (Å²) >= 11 is 0. The number of hydrogen-bond donors (Lipinski definition) is 2. The van der Waals surface area contributed by atoms with Crippen LogP contribution in [0.1, 0.15) is 19.3 Å². The molecular formula is C23H29N5O4. The molecule has 0 bridgehead atoms. The molecule has 9 nitrogen and oxygen atoms in total. The Bertz CT molecular complexity index is 1210. The zero-order valence-corrected chi connectivity index (χ0v) is 18.9. The van der Waals surface area contributed by atoms with Crippen molar-refractivity contribution in [1.82, 2.24) is 9.13 Å². The van der Waals surface area contributed by atoms with E-state index in [-0.39, 0.29) is 5.69 Å². The minimum Gasteiger partial charge on any atom is -0.497 e. The highest BCUT2D eigenvalue weighted by atomic mass is 16.5. The maximum Gasteiger partial charge on any atom is 0.328 e. The third-order valence-corrected chi connectivity index (χ3v) is 5.99. The van der Waals surface area contributed by atoms with Crippen molar-refractivity contribution in [2.24, 2.45) is 14.1 Å². The van der Waals surface area contributed by atoms with Gasteiger partial charge in [-0.2, -0.15) is 0 Å². The number of imidazole rings is 1. The first-order valence-corrected chi connectivity index (χ1v) is 10.7. The summed E-state index contributed by atoms with van der Waals surface area (Å²) in [5.74, 6) is 1.13. The number of carbonyl (C=O) groups is 1. The van der Waals surface area contributed by atoms with Crippen molar-refractivity contribution in [3.8, 4) is 11.5 Å². The van der Waals surface area contributed by atoms with E-state index in [0.29, 0.717) is 22.9 Å². The molecule has 2 N–H and O–H groups in total. The predicted molar refractivity (Wildman–Crippen MR) is 126 cm³/mol. The Hall–Kier alpha value is -3.62. The highest BCUT2D eigenvalue weighted by Gasteiger charge is 2.20. The molecule has 2 amide bonds. The lowest BCUT2D eigenvalue weighted by atomic mass is 10.1. The van der Waals surface area contributed by atoms with Crippen LogP contribution in [0.3, 0.4) is 0 Å². The zero-order valence-electron chi connectivity index (χ0n) is 18.9. The van der Waals surface area contributed by atoms with Crippen LogP contribution in [-0.4, -0.2) is 42.5 Å². The molecule has 3 aromatic rings. The Morgan fingerprint density at radius 2 is 1.53 bits per heavy atom. The van der Waals surface area contributed by atoms with E-state index in [1.54, 1.807) is 55.6 Å². The Balaban J connectivity index is 1.70. The molecular weight excluding hydrogens is 410 g/mol. The fourth-order valence-electron chi connectivity index (χ4n) is 4.22. The summed E-state index contributed by atoms with van der Waals surface area (Å²) in [6.07, 6.45) is 3.39. The van der Waals surface area contributed by atoms with E-state index in [2.05, 4.69) is 15.5 Å². The summed E-state index contributed by atoms with van der Waals surface area (Å²) in [7, 11) is 6.61. The van der Waals surface area contributed by atoms with Crippen molar-refractivity contribution in [3.05, 3.63) is 40.8 Å². The van der Waals surface area contributed by atoms with E-state index < -0.39 is 6.03 Å². The van der Waals surface area contributed by atoms with Crippen molar-refractivity contribution in [1.29, 1.82) is 0 Å². The van der Waals surface area contributed by atoms with Gasteiger partial charge in [0.2, 0.25) is 0 Å². The average Bonchev–Trinajstić information content (AvgIpc) is 3.02. The minimum absolute atomic E-state index is 0.104. The normalized spacial score (nSPS) is 13.8. The standard InChI is InChI=1S/C23H29N5O4/c1-26-19-13-16(24-22(29)25-17-12-15(31-3)8-9-21(17)32-4)18(28-10-6-5-7-11-28)14-20(19)27(2)23(26)30/h8-9,12-14H,5-7,10-11H2,1-4H3,(H2,24,25,29). The smallest absolute Gasteiger partial charge is 0.328 e. The second-order valence-corrected chi connectivity index (χ2v) is 7.95. The number of piperidine rings is 1. The van der Waals surface area contributed by atoms with Gasteiger partial charge < -0.3 is 25.0 Å². The van der Waals surface area contributed by atoms with Crippen molar-refractivity contribution in [2.45, 2.75) is 19.3 Å². The van der Waals surface area contributed by atoms with Gasteiger partial charge in [0, 0.05) is 33.3 Å². The first-order valence-electron chi connectivity index (χ1n) is 10.7. The minimum atomic E-state index is -0.407. The van der Waals surface area contributed by atoms with Crippen LogP contribution in [0.15, 0.2) is 35.1 Å². The number of aryl methyl sites for hydroxylation is 2. The molecule has 0 radical (unpaired) electrons. The van der Waals surface area contributed by atoms with Crippen LogP contribution in [0, 0.1) is 0 Å². The molecule has 1 fully saturated rings. The summed E-state index contributed by atoms with van der Waals surface area (Å²) in [5.41, 5.74) is 3.54. The lowest BCUT2D eigenvalue weighted by Crippen LogP contribution is -2.31. The number of nitrogens with zero attached hydrogens (tertiary/aromatic N) is 3. The van der Waals surface area contributed by atoms with Gasteiger partial charge in [0.15, 0.2) is 0 Å². The van der Waals surface area contributed by atoms with E-state index >= 15 is 0 Å². The van der Waals surface area contributed by atoms with Crippen molar-refractivity contribution >= 4 is 34.1 Å². The highest BCUT2D eigenvalue weighted by molar-refractivity contribution is 6.04. The van der Waals surface area contributed by atoms with Gasteiger partial charge in [0.25, 0.3) is 0 Å². The highest BCUT2D eigenvalue weighted by Crippen LogP contribution is 2.34. The van der Waals surface area contributed by atoms with E-state index in [9.17, 15) is 9.59 Å². The number of methoxy groups -OCH3 is 2. The van der Waals surface area contributed by atoms with E-state index in [4.69, 9.17) is 9.47 Å². The van der Waals surface area contributed by atoms with Crippen molar-refractivity contribution in [3.63, 3.8) is 0 Å². The largest absolute Gasteiger partial charge is 0.497 e. The number of benzene rings is 2. The molecule has 32 heavy (non-hydrogen) atoms. The second-order valence-electron chi connectivity index (χ2n) is 7.95. The summed E-state index contributed by atoms with van der Waals surface area (Å²) < 4.78 is 13.8. The molecule has 9 heteroatoms. The fourth-order valence-corrected chi connectivity index (χ4v) is 4.22. The summed E-state index contributed by atoms with van der Waals surface area (Å²) in [4.78, 5) is 27.7. The molecule has 1 aliphatic heterocycles. The molecule has 0 aliphatic carbocycles. The molecule has 1 aliphatic rings. The van der Waals surface area contributed by atoms with Gasteiger partial charge in [-0.25, -0.2) is 9.59 Å². The van der Waals surface area contributed by atoms with Gasteiger partial charge in [-0.05, 0) is 43.5 Å². The lowest BCUT2D eigenvalue weighted by Gasteiger charge is -2.30. The van der Waals surface area contributed by atoms with Gasteiger partial charge in [0.1, 0.15) is 11.5 Å². The van der Waals surface area contributed by atoms with Gasteiger partial charge in [-0.1, -0.05) is 0 Å². The number of amides is 2. The van der Waals surface area contributed by atoms with Crippen molar-refractivity contribution in [2.75, 3.05) is 42.8 Å². The molecule has 4 rings (SSSR count). The van der Waals surface area contributed by atoms with Crippen LogP contribution in [-0.2, 0) is 14.1 Å². The molecule has 0 spiro atoms. The summed E-state index contributed by atoms with van der Waals surface area (Å²) in [5, 5.41) is 5.83. The Morgan fingerprint density at radius 1 is 0.875 bits per heavy atom. The SMILES string of the molecule is COc1ccc(OC)c(NC(=O)Nc2cc3c(cc2N2CCCCC2)n(C)c(=O)n3C)c1. The maximum absolute atomic E-state index is 13.0. The van der Waals surface area contributed by atoms with Crippen molar-refractivity contribution < 1.29 is 14.3 Å². The molecule has 1 saturated heterocycles. The average molecular weight is 440 g/mol. The monoisotopic (exact) mass is 439 g/mol. The third kappa shape index (κ3) is 3.98. The lowest BCUT2D eigenvalue weighted by molar-refractivity contribution is 0.262. The van der Waals surface area contributed by atoms with Crippen LogP contribution >= 0.6 is 0 Å². The molecule has 0 unspecified atom stereocenters. The van der Waals surface area contributed by atoms with Crippen LogP contribution in [0.2, 0.25) is 0 Å². The van der Waals surface area contributed by atoms with Crippen LogP contribution in [0.5, 0.6) is 11.5 Å². The number of aromatic nitrogens is 2. The Kier molecular flexibility index (Phi) is 5.98. The molecule has 170 valence electrons. The van der Waals surface area contributed by atoms with E-state index in [1.165, 1.54) is 6.42 Å². The number of nitrogens with one attached hydrogen (secondary N) is 2. The Morgan fingerprint density at radius 3 is 2.19 bits per heavy atom. The molecule has 0 atom stereocenters. The van der Waals surface area contributed by atoms with Crippen LogP contribution in [0.25, 0.3) is 11.0 Å². The second kappa shape index (κ2) is 8.86. The molecule has 0 saturated carbocycles. The maximum atomic E-state index is 13.0. The predicted octanol–water partition coefficient (Wildman–Crippen LogP) is 3.53. The molecule has 2 heterocycles. The first kappa shape index (κ1) is 21.6. The summed E-state index contributed by atoms with van der Waals surface area (Å²) in [6.45, 7) is 1.82. The molecule has 1 aromatic heterocycles. The number of fused-ring (bicyclic) bond motifs is 1. The zero-order chi connectivity index (χ0) is 22.8. The van der Waals surface area contributed by atoms with Gasteiger partial charge in [0.05, 0.1) is 42.3 Å². The fraction of sp³-hybridized carbons (Fsp3) is 0.391. The third-order valence-electron chi connectivity index (χ3n) is 5.99. The van der Waals surface area contributed by atoms with Gasteiger partial charge >= 0.3 is 11.7 Å². The summed E-state index contributed by atoms with van der Waals surface area (Å²) in [6, 6.07) is 8.65. The van der Waals surface area contributed by atoms with E-state index in [0.717, 1.165) is 42.7 Å². The number of urea groups is 1. The van der Waals surface area contributed by atoms with Crippen LogP contribution < -0.4 is 30.7 Å². The number of hydrogen-bond acceptors (Lipinski definition) is 5. The number of carbonyl (C=O) groups excluding carboxylic acids is 1. The number of anilines is 3.